The van der Waals surface area contributed by atoms with Gasteiger partial charge in [0.1, 0.15) is 17.3 Å². The fraction of sp³-hybridized carbons (Fsp3) is 0.130. The minimum absolute atomic E-state index is 0.113. The second-order valence-corrected chi connectivity index (χ2v) is 6.58. The number of ketones is 1. The first-order valence-electron chi connectivity index (χ1n) is 9.09. The summed E-state index contributed by atoms with van der Waals surface area (Å²) in [5.74, 6) is 0.446. The van der Waals surface area contributed by atoms with E-state index in [-0.39, 0.29) is 17.5 Å². The Kier molecular flexibility index (Phi) is 4.89. The second kappa shape index (κ2) is 7.64. The minimum Gasteiger partial charge on any atom is -0.457 e. The normalized spacial score (nSPS) is 14.2. The third-order valence-electron chi connectivity index (χ3n) is 4.70. The Balaban J connectivity index is 1.46. The number of carbonyl (C=O) groups is 2. The molecule has 5 heteroatoms. The number of carbonyl (C=O) groups excluding carboxylic acids is 2. The first-order valence-corrected chi connectivity index (χ1v) is 9.09. The van der Waals surface area contributed by atoms with Crippen LogP contribution in [-0.4, -0.2) is 18.2 Å². The second-order valence-electron chi connectivity index (χ2n) is 6.58. The summed E-state index contributed by atoms with van der Waals surface area (Å²) >= 11 is 0. The van der Waals surface area contributed by atoms with E-state index in [1.165, 1.54) is 12.1 Å². The third kappa shape index (κ3) is 3.64. The van der Waals surface area contributed by atoms with Crippen LogP contribution in [0.4, 0.5) is 10.1 Å². The van der Waals surface area contributed by atoms with E-state index < -0.39 is 0 Å². The molecule has 140 valence electrons. The fourth-order valence-corrected chi connectivity index (χ4v) is 3.23. The van der Waals surface area contributed by atoms with Gasteiger partial charge in [0.15, 0.2) is 5.78 Å². The highest BCUT2D eigenvalue weighted by Gasteiger charge is 2.21. The van der Waals surface area contributed by atoms with Crippen molar-refractivity contribution in [1.29, 1.82) is 0 Å². The van der Waals surface area contributed by atoms with Crippen LogP contribution in [-0.2, 0) is 4.79 Å². The lowest BCUT2D eigenvalue weighted by Crippen LogP contribution is -2.23. The largest absolute Gasteiger partial charge is 0.457 e. The summed E-state index contributed by atoms with van der Waals surface area (Å²) in [5, 5.41) is 0. The highest BCUT2D eigenvalue weighted by atomic mass is 19.1. The van der Waals surface area contributed by atoms with Crippen LogP contribution >= 0.6 is 0 Å². The van der Waals surface area contributed by atoms with E-state index in [4.69, 9.17) is 4.42 Å². The number of nitrogens with zero attached hydrogens (tertiary/aromatic N) is 1. The number of allylic oxidation sites excluding steroid dienone is 1. The Hall–Kier alpha value is -3.47. The Labute approximate surface area is 161 Å². The van der Waals surface area contributed by atoms with Crippen LogP contribution in [0.25, 0.3) is 17.4 Å². The lowest BCUT2D eigenvalue weighted by atomic mass is 10.1. The molecule has 4 nitrogen and oxygen atoms in total. The number of hydrogen-bond acceptors (Lipinski definition) is 3. The molecule has 0 saturated carbocycles. The summed E-state index contributed by atoms with van der Waals surface area (Å²) in [4.78, 5) is 25.9. The van der Waals surface area contributed by atoms with Gasteiger partial charge in [0.25, 0.3) is 0 Å². The average molecular weight is 375 g/mol. The molecular weight excluding hydrogens is 357 g/mol. The molecule has 1 aliphatic rings. The first kappa shape index (κ1) is 17.9. The molecule has 0 radical (unpaired) electrons. The first-order chi connectivity index (χ1) is 13.6. The molecule has 0 spiro atoms. The number of halogens is 1. The number of rotatable bonds is 5. The van der Waals surface area contributed by atoms with Crippen LogP contribution in [0.2, 0.25) is 0 Å². The fourth-order valence-electron chi connectivity index (χ4n) is 3.23. The Morgan fingerprint density at radius 3 is 2.54 bits per heavy atom. The van der Waals surface area contributed by atoms with Crippen LogP contribution in [0.3, 0.4) is 0 Å². The Bertz CT molecular complexity index is 1050. The molecule has 0 atom stereocenters. The Morgan fingerprint density at radius 1 is 1.04 bits per heavy atom. The van der Waals surface area contributed by atoms with Crippen molar-refractivity contribution in [3.8, 4) is 11.3 Å². The van der Waals surface area contributed by atoms with Gasteiger partial charge in [-0.05, 0) is 67.1 Å². The number of hydrogen-bond donors (Lipinski definition) is 0. The number of amides is 1. The highest BCUT2D eigenvalue weighted by Crippen LogP contribution is 2.25. The van der Waals surface area contributed by atoms with Gasteiger partial charge in [-0.1, -0.05) is 12.1 Å². The van der Waals surface area contributed by atoms with E-state index in [1.807, 2.05) is 0 Å². The van der Waals surface area contributed by atoms with E-state index in [9.17, 15) is 14.0 Å². The maximum atomic E-state index is 13.8. The summed E-state index contributed by atoms with van der Waals surface area (Å²) < 4.78 is 19.4. The van der Waals surface area contributed by atoms with E-state index in [1.54, 1.807) is 65.6 Å². The highest BCUT2D eigenvalue weighted by molar-refractivity contribution is 6.07. The molecule has 1 saturated heterocycles. The number of anilines is 1. The van der Waals surface area contributed by atoms with E-state index >= 15 is 0 Å². The van der Waals surface area contributed by atoms with Crippen molar-refractivity contribution in [3.05, 3.63) is 83.9 Å². The van der Waals surface area contributed by atoms with Crippen molar-refractivity contribution in [2.75, 3.05) is 11.4 Å². The topological polar surface area (TPSA) is 50.5 Å². The van der Waals surface area contributed by atoms with Crippen molar-refractivity contribution < 1.29 is 18.4 Å². The van der Waals surface area contributed by atoms with Crippen LogP contribution < -0.4 is 4.90 Å². The number of benzene rings is 2. The third-order valence-corrected chi connectivity index (χ3v) is 4.70. The monoisotopic (exact) mass is 375 g/mol. The van der Waals surface area contributed by atoms with E-state index in [2.05, 4.69) is 0 Å². The van der Waals surface area contributed by atoms with Crippen LogP contribution in [0.1, 0.15) is 29.0 Å². The van der Waals surface area contributed by atoms with Crippen LogP contribution in [0, 0.1) is 5.82 Å². The average Bonchev–Trinajstić information content (AvgIpc) is 3.36. The van der Waals surface area contributed by atoms with Crippen molar-refractivity contribution in [2.24, 2.45) is 0 Å². The molecule has 0 aliphatic carbocycles. The summed E-state index contributed by atoms with van der Waals surface area (Å²) in [7, 11) is 0. The van der Waals surface area contributed by atoms with E-state index in [0.717, 1.165) is 18.7 Å². The van der Waals surface area contributed by atoms with E-state index in [0.29, 0.717) is 29.1 Å². The van der Waals surface area contributed by atoms with Crippen LogP contribution in [0.15, 0.2) is 71.2 Å². The standard InChI is InChI=1S/C23H18FNO3/c24-20-5-2-1-4-19(20)22-14-12-18(28-22)11-13-21(26)16-7-9-17(10-8-16)25-15-3-6-23(25)27/h1-2,4-5,7-14H,3,6,15H2. The SMILES string of the molecule is O=C(C=Cc1ccc(-c2ccccc2F)o1)c1ccc(N2CCCC2=O)cc1. The molecule has 1 aliphatic heterocycles. The number of furan rings is 1. The molecule has 2 aromatic carbocycles. The zero-order chi connectivity index (χ0) is 19.5. The van der Waals surface area contributed by atoms with Gasteiger partial charge in [-0.3, -0.25) is 9.59 Å². The molecule has 28 heavy (non-hydrogen) atoms. The van der Waals surface area contributed by atoms with Crippen molar-refractivity contribution in [2.45, 2.75) is 12.8 Å². The van der Waals surface area contributed by atoms with Gasteiger partial charge in [0.05, 0.1) is 5.56 Å². The van der Waals surface area contributed by atoms with Gasteiger partial charge >= 0.3 is 0 Å². The Morgan fingerprint density at radius 2 is 1.82 bits per heavy atom. The smallest absolute Gasteiger partial charge is 0.227 e. The van der Waals surface area contributed by atoms with Gasteiger partial charge in [-0.25, -0.2) is 4.39 Å². The zero-order valence-corrected chi connectivity index (χ0v) is 15.1. The van der Waals surface area contributed by atoms with Gasteiger partial charge in [-0.15, -0.1) is 0 Å². The minimum atomic E-state index is -0.361. The quantitative estimate of drug-likeness (QED) is 0.460. The predicted octanol–water partition coefficient (Wildman–Crippen LogP) is 5.11. The molecule has 4 rings (SSSR count). The molecule has 0 bridgehead atoms. The van der Waals surface area contributed by atoms with Crippen molar-refractivity contribution >= 4 is 23.5 Å². The van der Waals surface area contributed by atoms with Gasteiger partial charge in [0.2, 0.25) is 5.91 Å². The molecule has 1 amide bonds. The molecule has 0 unspecified atom stereocenters. The molecule has 2 heterocycles. The van der Waals surface area contributed by atoms with Gasteiger partial charge in [0, 0.05) is 24.2 Å². The molecule has 1 aromatic heterocycles. The summed E-state index contributed by atoms with van der Waals surface area (Å²) in [6.45, 7) is 0.717. The van der Waals surface area contributed by atoms with Gasteiger partial charge in [-0.2, -0.15) is 0 Å². The molecule has 1 fully saturated rings. The molecule has 0 N–H and O–H groups in total. The zero-order valence-electron chi connectivity index (χ0n) is 15.1. The molecule has 3 aromatic rings. The lowest BCUT2D eigenvalue weighted by molar-refractivity contribution is -0.117. The predicted molar refractivity (Wildman–Crippen MR) is 105 cm³/mol. The molecular formula is C23H18FNO3. The summed E-state index contributed by atoms with van der Waals surface area (Å²) in [5.41, 5.74) is 1.71. The summed E-state index contributed by atoms with van der Waals surface area (Å²) in [6.07, 6.45) is 4.41. The maximum absolute atomic E-state index is 13.8. The maximum Gasteiger partial charge on any atom is 0.227 e. The van der Waals surface area contributed by atoms with Crippen LogP contribution in [0.5, 0.6) is 0 Å². The van der Waals surface area contributed by atoms with Gasteiger partial charge < -0.3 is 9.32 Å². The lowest BCUT2D eigenvalue weighted by Gasteiger charge is -2.15. The van der Waals surface area contributed by atoms with Crippen molar-refractivity contribution in [1.82, 2.24) is 0 Å². The van der Waals surface area contributed by atoms with Crippen molar-refractivity contribution in [3.63, 3.8) is 0 Å². The summed E-state index contributed by atoms with van der Waals surface area (Å²) in [6, 6.07) is 16.7.